The molecule has 0 aliphatic heterocycles. The Labute approximate surface area is 137 Å². The van der Waals surface area contributed by atoms with Gasteiger partial charge in [-0.3, -0.25) is 0 Å². The van der Waals surface area contributed by atoms with Crippen LogP contribution in [0, 0.1) is 17.5 Å². The molecule has 1 aliphatic rings. The molecule has 2 aromatic carbocycles. The van der Waals surface area contributed by atoms with Crippen molar-refractivity contribution in [3.05, 3.63) is 70.0 Å². The number of rotatable bonds is 3. The summed E-state index contributed by atoms with van der Waals surface area (Å²) in [6.07, 6.45) is 0.367. The smallest absolute Gasteiger partial charge is 0.194 e. The molecule has 0 aromatic heterocycles. The van der Waals surface area contributed by atoms with Crippen molar-refractivity contribution < 1.29 is 22.7 Å². The van der Waals surface area contributed by atoms with E-state index in [4.69, 9.17) is 0 Å². The molecule has 128 valence electrons. The molecule has 0 heterocycles. The van der Waals surface area contributed by atoms with Gasteiger partial charge < -0.3 is 5.11 Å². The standard InChI is InChI=1S/C19H18F4O/c1-2-3-11-4-5-14-12(8-11)6-7-19(24,18(14)23)13-9-15(20)17(22)16(21)10-13/h4-5,8-10,18,24H,2-3,6-7H2,1H3. The second-order valence-electron chi connectivity index (χ2n) is 6.32. The maximum atomic E-state index is 15.0. The van der Waals surface area contributed by atoms with Crippen LogP contribution in [0.5, 0.6) is 0 Å². The second kappa shape index (κ2) is 6.20. The zero-order valence-corrected chi connectivity index (χ0v) is 13.3. The third-order valence-electron chi connectivity index (χ3n) is 4.70. The van der Waals surface area contributed by atoms with Crippen LogP contribution in [0.4, 0.5) is 17.6 Å². The Morgan fingerprint density at radius 1 is 1.12 bits per heavy atom. The molecule has 24 heavy (non-hydrogen) atoms. The number of hydrogen-bond acceptors (Lipinski definition) is 1. The van der Waals surface area contributed by atoms with Gasteiger partial charge in [0.2, 0.25) is 0 Å². The monoisotopic (exact) mass is 338 g/mol. The molecule has 2 unspecified atom stereocenters. The van der Waals surface area contributed by atoms with Crippen molar-refractivity contribution >= 4 is 0 Å². The molecule has 1 aliphatic carbocycles. The van der Waals surface area contributed by atoms with Crippen molar-refractivity contribution in [3.8, 4) is 0 Å². The maximum absolute atomic E-state index is 15.0. The van der Waals surface area contributed by atoms with Crippen LogP contribution in [0.1, 0.15) is 48.2 Å². The van der Waals surface area contributed by atoms with Crippen molar-refractivity contribution in [3.63, 3.8) is 0 Å². The van der Waals surface area contributed by atoms with Gasteiger partial charge in [0, 0.05) is 0 Å². The molecule has 3 rings (SSSR count). The second-order valence-corrected chi connectivity index (χ2v) is 6.32. The molecule has 2 atom stereocenters. The summed E-state index contributed by atoms with van der Waals surface area (Å²) in [5.74, 6) is -4.50. The Bertz CT molecular complexity index is 751. The molecule has 0 bridgehead atoms. The highest BCUT2D eigenvalue weighted by atomic mass is 19.2. The van der Waals surface area contributed by atoms with Crippen LogP contribution in [0.2, 0.25) is 0 Å². The summed E-state index contributed by atoms with van der Waals surface area (Å²) >= 11 is 0. The van der Waals surface area contributed by atoms with E-state index in [1.165, 1.54) is 0 Å². The number of halogens is 4. The lowest BCUT2D eigenvalue weighted by Gasteiger charge is -2.37. The lowest BCUT2D eigenvalue weighted by Crippen LogP contribution is -2.36. The first-order valence-corrected chi connectivity index (χ1v) is 8.00. The fraction of sp³-hybridized carbons (Fsp3) is 0.368. The molecule has 0 fully saturated rings. The van der Waals surface area contributed by atoms with Crippen LogP contribution in [-0.2, 0) is 18.4 Å². The fourth-order valence-corrected chi connectivity index (χ4v) is 3.37. The molecule has 0 radical (unpaired) electrons. The molecule has 0 saturated carbocycles. The van der Waals surface area contributed by atoms with E-state index in [0.29, 0.717) is 24.1 Å². The molecule has 0 amide bonds. The zero-order chi connectivity index (χ0) is 17.5. The van der Waals surface area contributed by atoms with Gasteiger partial charge in [-0.1, -0.05) is 31.5 Å². The van der Waals surface area contributed by atoms with E-state index in [0.717, 1.165) is 24.0 Å². The van der Waals surface area contributed by atoms with Crippen LogP contribution in [0.25, 0.3) is 0 Å². The number of fused-ring (bicyclic) bond motifs is 1. The predicted octanol–water partition coefficient (Wildman–Crippen LogP) is 4.90. The molecule has 0 saturated heterocycles. The minimum Gasteiger partial charge on any atom is -0.382 e. The van der Waals surface area contributed by atoms with Gasteiger partial charge in [-0.15, -0.1) is 0 Å². The van der Waals surface area contributed by atoms with Crippen LogP contribution in [0.3, 0.4) is 0 Å². The quantitative estimate of drug-likeness (QED) is 0.623. The highest BCUT2D eigenvalue weighted by Crippen LogP contribution is 2.47. The summed E-state index contributed by atoms with van der Waals surface area (Å²) in [6.45, 7) is 2.05. The van der Waals surface area contributed by atoms with Gasteiger partial charge in [0.25, 0.3) is 0 Å². The van der Waals surface area contributed by atoms with Crippen LogP contribution < -0.4 is 0 Å². The molecule has 1 N–H and O–H groups in total. The third-order valence-corrected chi connectivity index (χ3v) is 4.70. The van der Waals surface area contributed by atoms with Gasteiger partial charge in [-0.25, -0.2) is 17.6 Å². The Morgan fingerprint density at radius 3 is 2.42 bits per heavy atom. The first kappa shape index (κ1) is 17.0. The van der Waals surface area contributed by atoms with Crippen molar-refractivity contribution in [2.45, 2.75) is 44.4 Å². The molecular formula is C19H18F4O. The van der Waals surface area contributed by atoms with Gasteiger partial charge in [0.05, 0.1) is 0 Å². The van der Waals surface area contributed by atoms with Crippen molar-refractivity contribution in [2.24, 2.45) is 0 Å². The largest absolute Gasteiger partial charge is 0.382 e. The van der Waals surface area contributed by atoms with E-state index in [9.17, 15) is 18.3 Å². The highest BCUT2D eigenvalue weighted by Gasteiger charge is 2.44. The minimum absolute atomic E-state index is 0.0265. The Kier molecular flexibility index (Phi) is 4.38. The van der Waals surface area contributed by atoms with E-state index in [-0.39, 0.29) is 12.0 Å². The van der Waals surface area contributed by atoms with Gasteiger partial charge >= 0.3 is 0 Å². The van der Waals surface area contributed by atoms with Crippen LogP contribution >= 0.6 is 0 Å². The Hall–Kier alpha value is -1.88. The van der Waals surface area contributed by atoms with Gasteiger partial charge in [-0.2, -0.15) is 0 Å². The lowest BCUT2D eigenvalue weighted by molar-refractivity contribution is -0.0568. The summed E-state index contributed by atoms with van der Waals surface area (Å²) in [6, 6.07) is 6.66. The first-order valence-electron chi connectivity index (χ1n) is 8.00. The number of benzene rings is 2. The van der Waals surface area contributed by atoms with Crippen LogP contribution in [0.15, 0.2) is 30.3 Å². The molecule has 2 aromatic rings. The van der Waals surface area contributed by atoms with Crippen molar-refractivity contribution in [1.82, 2.24) is 0 Å². The van der Waals surface area contributed by atoms with E-state index >= 15 is 4.39 Å². The first-order chi connectivity index (χ1) is 11.4. The minimum atomic E-state index is -2.07. The molecule has 5 heteroatoms. The fourth-order valence-electron chi connectivity index (χ4n) is 3.37. The van der Waals surface area contributed by atoms with Gasteiger partial charge in [-0.05, 0) is 53.6 Å². The Morgan fingerprint density at radius 2 is 1.79 bits per heavy atom. The summed E-state index contributed by atoms with van der Waals surface area (Å²) in [7, 11) is 0. The normalized spacial score (nSPS) is 23.2. The van der Waals surface area contributed by atoms with Crippen molar-refractivity contribution in [2.75, 3.05) is 0 Å². The van der Waals surface area contributed by atoms with Crippen molar-refractivity contribution in [1.29, 1.82) is 0 Å². The summed E-state index contributed by atoms with van der Waals surface area (Å²) in [5, 5.41) is 10.7. The number of aryl methyl sites for hydroxylation is 2. The topological polar surface area (TPSA) is 20.2 Å². The Balaban J connectivity index is 2.02. The average Bonchev–Trinajstić information content (AvgIpc) is 2.56. The zero-order valence-electron chi connectivity index (χ0n) is 13.3. The number of alkyl halides is 1. The van der Waals surface area contributed by atoms with E-state index in [2.05, 4.69) is 0 Å². The van der Waals surface area contributed by atoms with Crippen LogP contribution in [-0.4, -0.2) is 5.11 Å². The average molecular weight is 338 g/mol. The van der Waals surface area contributed by atoms with Gasteiger partial charge in [0.15, 0.2) is 23.6 Å². The van der Waals surface area contributed by atoms with E-state index in [1.807, 2.05) is 13.0 Å². The summed E-state index contributed by atoms with van der Waals surface area (Å²) in [5.41, 5.74) is -0.161. The molecule has 0 spiro atoms. The number of aliphatic hydroxyl groups is 1. The number of hydrogen-bond donors (Lipinski definition) is 1. The predicted molar refractivity (Wildman–Crippen MR) is 82.8 cm³/mol. The van der Waals surface area contributed by atoms with E-state index < -0.39 is 29.2 Å². The highest BCUT2D eigenvalue weighted by molar-refractivity contribution is 5.41. The van der Waals surface area contributed by atoms with E-state index in [1.54, 1.807) is 12.1 Å². The molecular weight excluding hydrogens is 320 g/mol. The SMILES string of the molecule is CCCc1ccc2c(c1)CCC(O)(c1cc(F)c(F)c(F)c1)C2F. The lowest BCUT2D eigenvalue weighted by atomic mass is 9.74. The molecule has 1 nitrogen and oxygen atoms in total. The summed E-state index contributed by atoms with van der Waals surface area (Å²) in [4.78, 5) is 0. The summed E-state index contributed by atoms with van der Waals surface area (Å²) < 4.78 is 55.1. The third kappa shape index (κ3) is 2.71. The van der Waals surface area contributed by atoms with Gasteiger partial charge in [0.1, 0.15) is 5.60 Å². The maximum Gasteiger partial charge on any atom is 0.194 e.